The van der Waals surface area contributed by atoms with E-state index in [1.807, 2.05) is 0 Å². The van der Waals surface area contributed by atoms with E-state index in [0.29, 0.717) is 11.0 Å². The van der Waals surface area contributed by atoms with Crippen LogP contribution in [0.5, 0.6) is 11.5 Å². The fourth-order valence-electron chi connectivity index (χ4n) is 1.76. The zero-order valence-electron chi connectivity index (χ0n) is 10.5. The molecule has 0 aliphatic carbocycles. The van der Waals surface area contributed by atoms with Gasteiger partial charge in [-0.15, -0.1) is 0 Å². The van der Waals surface area contributed by atoms with E-state index in [4.69, 9.17) is 27.9 Å². The van der Waals surface area contributed by atoms with Crippen LogP contribution in [0.4, 0.5) is 13.2 Å². The van der Waals surface area contributed by atoms with Crippen LogP contribution in [-0.2, 0) is 6.18 Å². The van der Waals surface area contributed by atoms with Crippen molar-refractivity contribution in [1.29, 1.82) is 0 Å². The molecule has 1 heterocycles. The van der Waals surface area contributed by atoms with E-state index in [1.165, 1.54) is 12.1 Å². The summed E-state index contributed by atoms with van der Waals surface area (Å²) in [5.41, 5.74) is -0.0142. The van der Waals surface area contributed by atoms with Gasteiger partial charge < -0.3 is 4.74 Å². The van der Waals surface area contributed by atoms with Crippen molar-refractivity contribution in [1.82, 2.24) is 10.3 Å². The quantitative estimate of drug-likeness (QED) is 0.627. The zero-order chi connectivity index (χ0) is 15.9. The molecular formula is C13H5Cl2F3N2O2. The van der Waals surface area contributed by atoms with Crippen molar-refractivity contribution in [2.75, 3.05) is 0 Å². The monoisotopic (exact) mass is 348 g/mol. The Morgan fingerprint density at radius 1 is 0.955 bits per heavy atom. The van der Waals surface area contributed by atoms with Gasteiger partial charge in [0.05, 0.1) is 15.6 Å². The second-order valence-corrected chi connectivity index (χ2v) is 5.10. The molecule has 0 fully saturated rings. The summed E-state index contributed by atoms with van der Waals surface area (Å²) < 4.78 is 48.0. The molecule has 0 aliphatic rings. The molecule has 0 saturated heterocycles. The predicted octanol–water partition coefficient (Wildman–Crippen LogP) is 5.34. The highest BCUT2D eigenvalue weighted by molar-refractivity contribution is 6.37. The Morgan fingerprint density at radius 3 is 2.23 bits per heavy atom. The van der Waals surface area contributed by atoms with Gasteiger partial charge in [-0.1, -0.05) is 23.2 Å². The van der Waals surface area contributed by atoms with Crippen LogP contribution >= 0.6 is 23.2 Å². The first-order chi connectivity index (χ1) is 10.3. The first-order valence-corrected chi connectivity index (χ1v) is 6.56. The molecular weight excluding hydrogens is 344 g/mol. The molecule has 22 heavy (non-hydrogen) atoms. The van der Waals surface area contributed by atoms with Crippen LogP contribution in [0.25, 0.3) is 11.0 Å². The van der Waals surface area contributed by atoms with E-state index < -0.39 is 11.7 Å². The Labute approximate surface area is 131 Å². The van der Waals surface area contributed by atoms with Gasteiger partial charge in [0.2, 0.25) is 0 Å². The van der Waals surface area contributed by atoms with Crippen molar-refractivity contribution < 1.29 is 22.5 Å². The summed E-state index contributed by atoms with van der Waals surface area (Å²) in [6, 6.07) is 6.11. The summed E-state index contributed by atoms with van der Waals surface area (Å²) in [7, 11) is 0. The van der Waals surface area contributed by atoms with Crippen molar-refractivity contribution in [3.8, 4) is 11.5 Å². The van der Waals surface area contributed by atoms with E-state index >= 15 is 0 Å². The van der Waals surface area contributed by atoms with Crippen molar-refractivity contribution in [3.63, 3.8) is 0 Å². The van der Waals surface area contributed by atoms with Gasteiger partial charge in [-0.3, -0.25) is 0 Å². The number of hydrogen-bond donors (Lipinski definition) is 0. The van der Waals surface area contributed by atoms with Gasteiger partial charge in [-0.25, -0.2) is 4.63 Å². The van der Waals surface area contributed by atoms with Crippen molar-refractivity contribution >= 4 is 34.2 Å². The van der Waals surface area contributed by atoms with Gasteiger partial charge in [0.15, 0.2) is 5.75 Å². The predicted molar refractivity (Wildman–Crippen MR) is 73.3 cm³/mol. The summed E-state index contributed by atoms with van der Waals surface area (Å²) in [4.78, 5) is 0. The number of fused-ring (bicyclic) bond motifs is 1. The number of nitrogens with zero attached hydrogens (tertiary/aromatic N) is 2. The Balaban J connectivity index is 1.98. The molecule has 0 radical (unpaired) electrons. The molecule has 0 N–H and O–H groups in total. The van der Waals surface area contributed by atoms with E-state index in [-0.39, 0.29) is 21.5 Å². The number of ether oxygens (including phenoxy) is 1. The first kappa shape index (κ1) is 14.9. The molecule has 114 valence electrons. The Morgan fingerprint density at radius 2 is 1.59 bits per heavy atom. The molecule has 0 atom stereocenters. The lowest BCUT2D eigenvalue weighted by Gasteiger charge is -2.13. The van der Waals surface area contributed by atoms with Gasteiger partial charge in [0.25, 0.3) is 0 Å². The van der Waals surface area contributed by atoms with Crippen LogP contribution in [-0.4, -0.2) is 10.3 Å². The minimum Gasteiger partial charge on any atom is -0.454 e. The maximum Gasteiger partial charge on any atom is 0.416 e. The molecule has 2 aromatic carbocycles. The van der Waals surface area contributed by atoms with Crippen LogP contribution in [0.15, 0.2) is 35.0 Å². The fourth-order valence-corrected chi connectivity index (χ4v) is 2.33. The van der Waals surface area contributed by atoms with E-state index in [1.54, 1.807) is 6.07 Å². The number of aromatic nitrogens is 2. The molecule has 0 aliphatic heterocycles. The van der Waals surface area contributed by atoms with Crippen LogP contribution in [0.1, 0.15) is 5.56 Å². The van der Waals surface area contributed by atoms with Crippen molar-refractivity contribution in [3.05, 3.63) is 45.9 Å². The number of alkyl halides is 3. The highest BCUT2D eigenvalue weighted by Gasteiger charge is 2.32. The van der Waals surface area contributed by atoms with Crippen LogP contribution in [0.2, 0.25) is 10.0 Å². The third-order valence-corrected chi connectivity index (χ3v) is 3.33. The van der Waals surface area contributed by atoms with Gasteiger partial charge in [0.1, 0.15) is 16.8 Å². The molecule has 0 unspecified atom stereocenters. The lowest BCUT2D eigenvalue weighted by Crippen LogP contribution is -2.05. The Kier molecular flexibility index (Phi) is 3.62. The molecule has 0 bridgehead atoms. The third kappa shape index (κ3) is 2.82. The average molecular weight is 349 g/mol. The maximum atomic E-state index is 12.7. The SMILES string of the molecule is FC(F)(F)c1cc(Cl)c(Oc2ccc3nonc3c2)c(Cl)c1. The van der Waals surface area contributed by atoms with E-state index in [0.717, 1.165) is 12.1 Å². The van der Waals surface area contributed by atoms with Gasteiger partial charge in [-0.2, -0.15) is 13.2 Å². The number of halogens is 5. The molecule has 0 amide bonds. The minimum atomic E-state index is -4.54. The highest BCUT2D eigenvalue weighted by Crippen LogP contribution is 2.41. The molecule has 4 nitrogen and oxygen atoms in total. The summed E-state index contributed by atoms with van der Waals surface area (Å²) in [6.45, 7) is 0. The van der Waals surface area contributed by atoms with Crippen molar-refractivity contribution in [2.45, 2.75) is 6.18 Å². The van der Waals surface area contributed by atoms with E-state index in [2.05, 4.69) is 14.9 Å². The maximum absolute atomic E-state index is 12.7. The standard InChI is InChI=1S/C13H5Cl2F3N2O2/c14-8-3-6(13(16,17)18)4-9(15)12(8)21-7-1-2-10-11(5-7)20-22-19-10/h1-5H. The zero-order valence-corrected chi connectivity index (χ0v) is 12.0. The normalized spacial score (nSPS) is 11.9. The van der Waals surface area contributed by atoms with Crippen LogP contribution in [0.3, 0.4) is 0 Å². The molecule has 3 rings (SSSR count). The second-order valence-electron chi connectivity index (χ2n) is 4.28. The van der Waals surface area contributed by atoms with Crippen molar-refractivity contribution in [2.24, 2.45) is 0 Å². The van der Waals surface area contributed by atoms with E-state index in [9.17, 15) is 13.2 Å². The molecule has 9 heteroatoms. The van der Waals surface area contributed by atoms with Crippen LogP contribution < -0.4 is 4.74 Å². The van der Waals surface area contributed by atoms with Gasteiger partial charge in [0, 0.05) is 6.07 Å². The Hall–Kier alpha value is -1.99. The summed E-state index contributed by atoms with van der Waals surface area (Å²) in [6.07, 6.45) is -4.54. The largest absolute Gasteiger partial charge is 0.454 e. The number of rotatable bonds is 2. The third-order valence-electron chi connectivity index (χ3n) is 2.77. The lowest BCUT2D eigenvalue weighted by atomic mass is 10.2. The van der Waals surface area contributed by atoms with Crippen LogP contribution in [0, 0.1) is 0 Å². The topological polar surface area (TPSA) is 48.2 Å². The molecule has 3 aromatic rings. The molecule has 0 saturated carbocycles. The van der Waals surface area contributed by atoms with Gasteiger partial charge >= 0.3 is 6.18 Å². The summed E-state index contributed by atoms with van der Waals surface area (Å²) in [5, 5.41) is 6.75. The fraction of sp³-hybridized carbons (Fsp3) is 0.0769. The lowest BCUT2D eigenvalue weighted by molar-refractivity contribution is -0.137. The summed E-state index contributed by atoms with van der Waals surface area (Å²) in [5.74, 6) is 0.207. The first-order valence-electron chi connectivity index (χ1n) is 5.81. The van der Waals surface area contributed by atoms with Gasteiger partial charge in [-0.05, 0) is 34.6 Å². The second kappa shape index (κ2) is 5.33. The molecule has 1 aromatic heterocycles. The summed E-state index contributed by atoms with van der Waals surface area (Å²) >= 11 is 11.7. The number of benzene rings is 2. The smallest absolute Gasteiger partial charge is 0.416 e. The molecule has 0 spiro atoms. The Bertz CT molecular complexity index is 826. The number of hydrogen-bond acceptors (Lipinski definition) is 4. The average Bonchev–Trinajstić information content (AvgIpc) is 2.89. The highest BCUT2D eigenvalue weighted by atomic mass is 35.5. The minimum absolute atomic E-state index is 0.0767.